The minimum atomic E-state index is -0.249. The Bertz CT molecular complexity index is 691. The fourth-order valence-electron chi connectivity index (χ4n) is 3.62. The second kappa shape index (κ2) is 7.18. The summed E-state index contributed by atoms with van der Waals surface area (Å²) in [6, 6.07) is 10.9. The molecule has 1 saturated heterocycles. The van der Waals surface area contributed by atoms with Crippen LogP contribution in [-0.2, 0) is 4.79 Å². The Morgan fingerprint density at radius 3 is 2.60 bits per heavy atom. The lowest BCUT2D eigenvalue weighted by molar-refractivity contribution is -0.119. The molecule has 3 N–H and O–H groups in total. The third-order valence-electron chi connectivity index (χ3n) is 4.96. The summed E-state index contributed by atoms with van der Waals surface area (Å²) in [5.74, 6) is 0.745. The monoisotopic (exact) mass is 343 g/mol. The molecule has 25 heavy (non-hydrogen) atoms. The third kappa shape index (κ3) is 4.41. The average Bonchev–Trinajstić information content (AvgIpc) is 2.95. The van der Waals surface area contributed by atoms with Crippen LogP contribution in [0.2, 0.25) is 0 Å². The minimum Gasteiger partial charge on any atom is -0.459 e. The number of primary amides is 1. The van der Waals surface area contributed by atoms with Gasteiger partial charge in [0.05, 0.1) is 12.6 Å². The minimum absolute atomic E-state index is 0.0399. The van der Waals surface area contributed by atoms with Crippen LogP contribution in [0.1, 0.15) is 45.4 Å². The number of rotatable bonds is 5. The van der Waals surface area contributed by atoms with E-state index in [0.717, 1.165) is 42.7 Å². The van der Waals surface area contributed by atoms with Gasteiger partial charge in [-0.2, -0.15) is 0 Å². The van der Waals surface area contributed by atoms with Crippen LogP contribution in [0.3, 0.4) is 0 Å². The maximum atomic E-state index is 11.1. The molecule has 2 aromatic rings. The highest BCUT2D eigenvalue weighted by Gasteiger charge is 2.32. The molecule has 0 aliphatic carbocycles. The standard InChI is InChI=1S/C20H29N3O2/c1-20(2,3)19(17-12-14-6-4-5-7-16(14)25-17)22-15-8-10-23(11-9-15)13-18(21)24/h4-7,12,15,19,22H,8-11,13H2,1-3H3,(H2,21,24). The number of carbonyl (C=O) groups excluding carboxylic acids is 1. The number of likely N-dealkylation sites (tertiary alicyclic amines) is 1. The summed E-state index contributed by atoms with van der Waals surface area (Å²) in [4.78, 5) is 13.2. The van der Waals surface area contributed by atoms with Gasteiger partial charge in [0.1, 0.15) is 11.3 Å². The normalized spacial score (nSPS) is 18.5. The van der Waals surface area contributed by atoms with Gasteiger partial charge < -0.3 is 15.5 Å². The number of furan rings is 1. The number of piperidine rings is 1. The Morgan fingerprint density at radius 1 is 1.32 bits per heavy atom. The molecule has 0 bridgehead atoms. The van der Waals surface area contributed by atoms with Crippen LogP contribution in [0.25, 0.3) is 11.0 Å². The number of nitrogens with one attached hydrogen (secondary N) is 1. The third-order valence-corrected chi connectivity index (χ3v) is 4.96. The molecule has 1 aliphatic heterocycles. The van der Waals surface area contributed by atoms with Crippen molar-refractivity contribution in [2.75, 3.05) is 19.6 Å². The lowest BCUT2D eigenvalue weighted by Crippen LogP contribution is -2.47. The molecule has 0 radical (unpaired) electrons. The number of hydrogen-bond acceptors (Lipinski definition) is 4. The van der Waals surface area contributed by atoms with Crippen LogP contribution in [0.15, 0.2) is 34.7 Å². The molecule has 1 aliphatic rings. The van der Waals surface area contributed by atoms with Crippen molar-refractivity contribution in [3.63, 3.8) is 0 Å². The molecule has 0 saturated carbocycles. The quantitative estimate of drug-likeness (QED) is 0.875. The first kappa shape index (κ1) is 18.0. The molecular formula is C20H29N3O2. The largest absolute Gasteiger partial charge is 0.459 e. The summed E-state index contributed by atoms with van der Waals surface area (Å²) >= 11 is 0. The van der Waals surface area contributed by atoms with Gasteiger partial charge in [-0.15, -0.1) is 0 Å². The Morgan fingerprint density at radius 2 is 2.00 bits per heavy atom. The lowest BCUT2D eigenvalue weighted by atomic mass is 9.84. The van der Waals surface area contributed by atoms with Gasteiger partial charge in [0.25, 0.3) is 0 Å². The SMILES string of the molecule is CC(C)(C)C(NC1CCN(CC(N)=O)CC1)c1cc2ccccc2o1. The number of nitrogens with two attached hydrogens (primary N) is 1. The van der Waals surface area contributed by atoms with E-state index in [1.54, 1.807) is 0 Å². The van der Waals surface area contributed by atoms with E-state index in [1.165, 1.54) is 0 Å². The molecule has 1 aromatic carbocycles. The van der Waals surface area contributed by atoms with Crippen molar-refractivity contribution in [1.82, 2.24) is 10.2 Å². The molecule has 5 heteroatoms. The van der Waals surface area contributed by atoms with Gasteiger partial charge in [-0.3, -0.25) is 9.69 Å². The maximum Gasteiger partial charge on any atom is 0.231 e. The Hall–Kier alpha value is -1.85. The van der Waals surface area contributed by atoms with E-state index in [9.17, 15) is 4.79 Å². The van der Waals surface area contributed by atoms with E-state index < -0.39 is 0 Å². The van der Waals surface area contributed by atoms with E-state index in [2.05, 4.69) is 43.1 Å². The van der Waals surface area contributed by atoms with Crippen molar-refractivity contribution in [3.05, 3.63) is 36.1 Å². The second-order valence-corrected chi connectivity index (χ2v) is 8.17. The lowest BCUT2D eigenvalue weighted by Gasteiger charge is -2.37. The fourth-order valence-corrected chi connectivity index (χ4v) is 3.62. The highest BCUT2D eigenvalue weighted by Crippen LogP contribution is 2.36. The van der Waals surface area contributed by atoms with Gasteiger partial charge in [-0.1, -0.05) is 39.0 Å². The first-order valence-electron chi connectivity index (χ1n) is 9.08. The van der Waals surface area contributed by atoms with E-state index in [-0.39, 0.29) is 17.4 Å². The molecule has 1 fully saturated rings. The van der Waals surface area contributed by atoms with E-state index in [4.69, 9.17) is 10.2 Å². The molecule has 136 valence electrons. The first-order valence-corrected chi connectivity index (χ1v) is 9.08. The van der Waals surface area contributed by atoms with Gasteiger partial charge in [-0.25, -0.2) is 0 Å². The first-order chi connectivity index (χ1) is 11.8. The number of amides is 1. The van der Waals surface area contributed by atoms with Crippen LogP contribution < -0.4 is 11.1 Å². The zero-order chi connectivity index (χ0) is 18.0. The van der Waals surface area contributed by atoms with Gasteiger partial charge in [0.15, 0.2) is 0 Å². The van der Waals surface area contributed by atoms with Crippen LogP contribution >= 0.6 is 0 Å². The maximum absolute atomic E-state index is 11.1. The number of benzene rings is 1. The Balaban J connectivity index is 1.71. The highest BCUT2D eigenvalue weighted by molar-refractivity contribution is 5.77. The van der Waals surface area contributed by atoms with Crippen LogP contribution in [-0.4, -0.2) is 36.5 Å². The Kier molecular flexibility index (Phi) is 5.16. The van der Waals surface area contributed by atoms with Crippen molar-refractivity contribution in [2.45, 2.75) is 45.7 Å². The van der Waals surface area contributed by atoms with Crippen LogP contribution in [0, 0.1) is 5.41 Å². The molecule has 1 aromatic heterocycles. The zero-order valence-corrected chi connectivity index (χ0v) is 15.4. The number of para-hydroxylation sites is 1. The number of hydrogen-bond donors (Lipinski definition) is 2. The van der Waals surface area contributed by atoms with Gasteiger partial charge in [-0.05, 0) is 30.4 Å². The van der Waals surface area contributed by atoms with Gasteiger partial charge in [0, 0.05) is 24.5 Å². The molecule has 0 spiro atoms. The van der Waals surface area contributed by atoms with Gasteiger partial charge >= 0.3 is 0 Å². The molecule has 1 amide bonds. The number of carbonyl (C=O) groups is 1. The summed E-state index contributed by atoms with van der Waals surface area (Å²) in [7, 11) is 0. The number of fused-ring (bicyclic) bond motifs is 1. The van der Waals surface area contributed by atoms with Crippen molar-refractivity contribution >= 4 is 16.9 Å². The molecular weight excluding hydrogens is 314 g/mol. The summed E-state index contributed by atoms with van der Waals surface area (Å²) in [5.41, 5.74) is 6.27. The van der Waals surface area contributed by atoms with E-state index in [1.807, 2.05) is 18.2 Å². The summed E-state index contributed by atoms with van der Waals surface area (Å²) in [6.07, 6.45) is 2.03. The average molecular weight is 343 g/mol. The summed E-state index contributed by atoms with van der Waals surface area (Å²) in [5, 5.41) is 4.95. The predicted molar refractivity (Wildman–Crippen MR) is 100 cm³/mol. The second-order valence-electron chi connectivity index (χ2n) is 8.17. The Labute approximate surface area is 149 Å². The molecule has 2 heterocycles. The van der Waals surface area contributed by atoms with Crippen LogP contribution in [0.4, 0.5) is 0 Å². The topological polar surface area (TPSA) is 71.5 Å². The van der Waals surface area contributed by atoms with Gasteiger partial charge in [0.2, 0.25) is 5.91 Å². The van der Waals surface area contributed by atoms with Crippen molar-refractivity contribution < 1.29 is 9.21 Å². The number of nitrogens with zero attached hydrogens (tertiary/aromatic N) is 1. The molecule has 1 unspecified atom stereocenters. The smallest absolute Gasteiger partial charge is 0.231 e. The summed E-state index contributed by atoms with van der Waals surface area (Å²) < 4.78 is 6.14. The van der Waals surface area contributed by atoms with E-state index >= 15 is 0 Å². The predicted octanol–water partition coefficient (Wildman–Crippen LogP) is 3.06. The molecule has 3 rings (SSSR count). The van der Waals surface area contributed by atoms with Crippen molar-refractivity contribution in [1.29, 1.82) is 0 Å². The van der Waals surface area contributed by atoms with Crippen molar-refractivity contribution in [3.8, 4) is 0 Å². The van der Waals surface area contributed by atoms with Crippen molar-refractivity contribution in [2.24, 2.45) is 11.1 Å². The molecule has 1 atom stereocenters. The van der Waals surface area contributed by atoms with Crippen LogP contribution in [0.5, 0.6) is 0 Å². The van der Waals surface area contributed by atoms with E-state index in [0.29, 0.717) is 12.6 Å². The molecule has 5 nitrogen and oxygen atoms in total. The summed E-state index contributed by atoms with van der Waals surface area (Å²) in [6.45, 7) is 8.87. The zero-order valence-electron chi connectivity index (χ0n) is 15.4. The fraction of sp³-hybridized carbons (Fsp3) is 0.550. The highest BCUT2D eigenvalue weighted by atomic mass is 16.3.